The summed E-state index contributed by atoms with van der Waals surface area (Å²) in [4.78, 5) is 9.81. The van der Waals surface area contributed by atoms with Crippen molar-refractivity contribution in [3.63, 3.8) is 0 Å². The molecule has 0 unspecified atom stereocenters. The van der Waals surface area contributed by atoms with Crippen LogP contribution in [-0.4, -0.2) is 25.4 Å². The summed E-state index contributed by atoms with van der Waals surface area (Å²) < 4.78 is 0.654. The average molecular weight is 212 g/mol. The van der Waals surface area contributed by atoms with Crippen molar-refractivity contribution in [2.24, 2.45) is 0 Å². The van der Waals surface area contributed by atoms with Gasteiger partial charge in [-0.05, 0) is 0 Å². The molecule has 0 saturated carbocycles. The minimum absolute atomic E-state index is 0.250. The van der Waals surface area contributed by atoms with Crippen LogP contribution in [-0.2, 0) is 4.79 Å². The number of rotatable bonds is 3. The number of carbonyl (C=O) groups is 1. The number of halogens is 1. The third kappa shape index (κ3) is 4.27. The van der Waals surface area contributed by atoms with Crippen LogP contribution in [0.15, 0.2) is 22.9 Å². The molecule has 1 N–H and O–H groups in total. The number of aliphatic hydroxyl groups is 1. The van der Waals surface area contributed by atoms with Gasteiger partial charge >= 0.3 is 63.2 Å². The Bertz CT molecular complexity index is 142. The fourth-order valence-electron chi connectivity index (χ4n) is 0.248. The van der Waals surface area contributed by atoms with Crippen LogP contribution < -0.4 is 0 Å². The van der Waals surface area contributed by atoms with Crippen LogP contribution in [0.1, 0.15) is 0 Å². The molecule has 50 valence electrons. The van der Waals surface area contributed by atoms with Crippen molar-refractivity contribution < 1.29 is 9.90 Å². The second-order valence-electron chi connectivity index (χ2n) is 1.10. The van der Waals surface area contributed by atoms with Crippen LogP contribution >= 0.6 is 10.1 Å². The third-order valence-corrected chi connectivity index (χ3v) is 2.43. The Morgan fingerprint density at radius 1 is 1.67 bits per heavy atom. The molecule has 0 aliphatic rings. The number of carbonyl (C=O) groups excluding carboxylic acids is 1. The van der Waals surface area contributed by atoms with E-state index in [1.807, 2.05) is 0 Å². The summed E-state index contributed by atoms with van der Waals surface area (Å²) in [5.74, 6) is 0. The minimum atomic E-state index is -0.250. The molecule has 4 heteroatoms. The van der Waals surface area contributed by atoms with Gasteiger partial charge in [-0.1, -0.05) is 0 Å². The van der Waals surface area contributed by atoms with Gasteiger partial charge in [0.15, 0.2) is 0 Å². The zero-order chi connectivity index (χ0) is 7.11. The number of hydrogen-bond donors (Lipinski definition) is 1. The Morgan fingerprint density at radius 2 is 2.33 bits per heavy atom. The first kappa shape index (κ1) is 8.76. The molecule has 0 aliphatic carbocycles. The van der Waals surface area contributed by atoms with Crippen LogP contribution in [0.25, 0.3) is 0 Å². The van der Waals surface area contributed by atoms with Crippen LogP contribution in [0.5, 0.6) is 0 Å². The van der Waals surface area contributed by atoms with E-state index in [0.29, 0.717) is 10.8 Å². The topological polar surface area (TPSA) is 37.3 Å². The number of aliphatic hydroxyl groups excluding tert-OH is 1. The predicted octanol–water partition coefficient (Wildman–Crippen LogP) is 0.999. The molecular formula is C5H5ClO2Se. The first-order chi connectivity index (χ1) is 4.35. The van der Waals surface area contributed by atoms with E-state index in [9.17, 15) is 4.79 Å². The Hall–Kier alpha value is -0.241. The van der Waals surface area contributed by atoms with Crippen LogP contribution in [0.2, 0.25) is 0 Å². The van der Waals surface area contributed by atoms with Gasteiger partial charge in [0.1, 0.15) is 0 Å². The van der Waals surface area contributed by atoms with E-state index >= 15 is 0 Å². The molecule has 9 heavy (non-hydrogen) atoms. The zero-order valence-electron chi connectivity index (χ0n) is 4.45. The SMILES string of the molecule is O=C/C=C(/C=C\O)[Se]Cl. The molecule has 0 heterocycles. The summed E-state index contributed by atoms with van der Waals surface area (Å²) in [6.45, 7) is 0. The van der Waals surface area contributed by atoms with E-state index in [1.54, 1.807) is 0 Å². The third-order valence-electron chi connectivity index (χ3n) is 0.560. The summed E-state index contributed by atoms with van der Waals surface area (Å²) in [5.41, 5.74) is 0. The molecular weight excluding hydrogens is 206 g/mol. The van der Waals surface area contributed by atoms with Gasteiger partial charge in [-0.25, -0.2) is 0 Å². The molecule has 2 nitrogen and oxygen atoms in total. The molecule has 0 bridgehead atoms. The predicted molar refractivity (Wildman–Crippen MR) is 37.5 cm³/mol. The first-order valence-electron chi connectivity index (χ1n) is 2.10. The maximum absolute atomic E-state index is 9.81. The molecule has 0 radical (unpaired) electrons. The summed E-state index contributed by atoms with van der Waals surface area (Å²) in [6.07, 6.45) is 4.21. The molecule has 0 aromatic carbocycles. The average Bonchev–Trinajstić information content (AvgIpc) is 1.88. The van der Waals surface area contributed by atoms with E-state index in [1.165, 1.54) is 12.2 Å². The molecule has 0 rings (SSSR count). The Balaban J connectivity index is 3.96. The van der Waals surface area contributed by atoms with E-state index in [0.717, 1.165) is 6.26 Å². The second kappa shape index (κ2) is 5.89. The molecule has 0 aromatic heterocycles. The standard InChI is InChI=1S/C5H5ClO2Se/c6-9-5(1-3-7)2-4-8/h1-4,7H/b3-1-,5-2-. The number of aldehydes is 1. The van der Waals surface area contributed by atoms with Crippen molar-refractivity contribution >= 4 is 30.4 Å². The fraction of sp³-hybridized carbons (Fsp3) is 0. The molecule has 0 amide bonds. The second-order valence-corrected chi connectivity index (χ2v) is 3.21. The van der Waals surface area contributed by atoms with E-state index in [2.05, 4.69) is 0 Å². The molecule has 0 spiro atoms. The Morgan fingerprint density at radius 3 is 2.67 bits per heavy atom. The quantitative estimate of drug-likeness (QED) is 0.249. The molecule has 0 fully saturated rings. The van der Waals surface area contributed by atoms with Gasteiger partial charge < -0.3 is 0 Å². The zero-order valence-corrected chi connectivity index (χ0v) is 6.92. The van der Waals surface area contributed by atoms with Gasteiger partial charge in [0.25, 0.3) is 0 Å². The Labute approximate surface area is 63.6 Å². The van der Waals surface area contributed by atoms with Crippen molar-refractivity contribution in [1.29, 1.82) is 0 Å². The summed E-state index contributed by atoms with van der Waals surface area (Å²) in [5, 5.41) is 8.21. The monoisotopic (exact) mass is 212 g/mol. The van der Waals surface area contributed by atoms with Crippen molar-refractivity contribution in [1.82, 2.24) is 0 Å². The number of allylic oxidation sites excluding steroid dienone is 3. The van der Waals surface area contributed by atoms with Gasteiger partial charge in [-0.3, -0.25) is 0 Å². The maximum atomic E-state index is 9.81. The fourth-order valence-corrected chi connectivity index (χ4v) is 1.24. The van der Waals surface area contributed by atoms with Crippen LogP contribution in [0.4, 0.5) is 0 Å². The van der Waals surface area contributed by atoms with E-state index in [-0.39, 0.29) is 14.0 Å². The van der Waals surface area contributed by atoms with E-state index < -0.39 is 0 Å². The first-order valence-corrected chi connectivity index (χ1v) is 5.20. The normalized spacial score (nSPS) is 12.3. The van der Waals surface area contributed by atoms with Gasteiger partial charge in [0.05, 0.1) is 0 Å². The molecule has 0 saturated heterocycles. The van der Waals surface area contributed by atoms with Gasteiger partial charge in [0.2, 0.25) is 0 Å². The molecule has 0 aliphatic heterocycles. The van der Waals surface area contributed by atoms with Gasteiger partial charge in [-0.2, -0.15) is 0 Å². The number of hydrogen-bond acceptors (Lipinski definition) is 2. The summed E-state index contributed by atoms with van der Waals surface area (Å²) >= 11 is -0.250. The van der Waals surface area contributed by atoms with Gasteiger partial charge in [0, 0.05) is 0 Å². The van der Waals surface area contributed by atoms with Crippen molar-refractivity contribution in [3.8, 4) is 0 Å². The van der Waals surface area contributed by atoms with E-state index in [4.69, 9.17) is 15.2 Å². The Kier molecular flexibility index (Phi) is 5.73. The summed E-state index contributed by atoms with van der Waals surface area (Å²) in [6, 6.07) is 0. The van der Waals surface area contributed by atoms with Crippen molar-refractivity contribution in [2.75, 3.05) is 0 Å². The van der Waals surface area contributed by atoms with Crippen LogP contribution in [0.3, 0.4) is 0 Å². The van der Waals surface area contributed by atoms with Gasteiger partial charge in [-0.15, -0.1) is 0 Å². The van der Waals surface area contributed by atoms with Crippen molar-refractivity contribution in [2.45, 2.75) is 0 Å². The molecule has 0 atom stereocenters. The van der Waals surface area contributed by atoms with Crippen molar-refractivity contribution in [3.05, 3.63) is 22.9 Å². The van der Waals surface area contributed by atoms with Crippen LogP contribution in [0, 0.1) is 0 Å². The molecule has 0 aromatic rings. The summed E-state index contributed by atoms with van der Waals surface area (Å²) in [7, 11) is 5.40.